The van der Waals surface area contributed by atoms with Gasteiger partial charge in [-0.1, -0.05) is 32.1 Å². The third kappa shape index (κ3) is 3.17. The number of anilines is 1. The van der Waals surface area contributed by atoms with Crippen LogP contribution in [0.1, 0.15) is 68.8 Å². The maximum absolute atomic E-state index is 13.1. The largest absolute Gasteiger partial charge is 0.385 e. The number of ketones is 1. The second-order valence-corrected chi connectivity index (χ2v) is 9.22. The minimum atomic E-state index is 0.251. The lowest BCUT2D eigenvalue weighted by atomic mass is 9.74. The summed E-state index contributed by atoms with van der Waals surface area (Å²) in [6.07, 6.45) is 8.85. The summed E-state index contributed by atoms with van der Waals surface area (Å²) in [6.45, 7) is 11.7. The van der Waals surface area contributed by atoms with E-state index in [-0.39, 0.29) is 11.7 Å². The number of rotatable bonds is 4. The van der Waals surface area contributed by atoms with E-state index < -0.39 is 0 Å². The molecule has 5 rings (SSSR count). The number of pyridine rings is 1. The van der Waals surface area contributed by atoms with E-state index in [1.807, 2.05) is 0 Å². The molecule has 1 aromatic heterocycles. The van der Waals surface area contributed by atoms with Gasteiger partial charge in [0.15, 0.2) is 5.78 Å². The molecule has 0 bridgehead atoms. The molecule has 0 radical (unpaired) electrons. The fraction of sp³-hybridized carbons (Fsp3) is 0.429. The molecule has 1 N–H and O–H groups in total. The molecular weight excluding hydrogens is 380 g/mol. The number of hydrogen-bond acceptors (Lipinski definition) is 3. The van der Waals surface area contributed by atoms with Crippen molar-refractivity contribution < 1.29 is 4.79 Å². The average Bonchev–Trinajstić information content (AvgIpc) is 2.78. The number of aromatic nitrogens is 1. The van der Waals surface area contributed by atoms with Crippen molar-refractivity contribution in [2.75, 3.05) is 11.9 Å². The van der Waals surface area contributed by atoms with Gasteiger partial charge in [0.05, 0.1) is 11.2 Å². The monoisotopic (exact) mass is 412 g/mol. The quantitative estimate of drug-likeness (QED) is 0.594. The van der Waals surface area contributed by atoms with E-state index in [4.69, 9.17) is 4.98 Å². The molecule has 160 valence electrons. The molecule has 31 heavy (non-hydrogen) atoms. The molecule has 0 amide bonds. The van der Waals surface area contributed by atoms with E-state index >= 15 is 0 Å². The van der Waals surface area contributed by atoms with E-state index in [0.717, 1.165) is 61.0 Å². The molecule has 1 unspecified atom stereocenters. The van der Waals surface area contributed by atoms with Crippen LogP contribution in [-0.4, -0.2) is 17.3 Å². The summed E-state index contributed by atoms with van der Waals surface area (Å²) >= 11 is 0. The van der Waals surface area contributed by atoms with Crippen molar-refractivity contribution >= 4 is 27.9 Å². The Kier molecular flexibility index (Phi) is 5.08. The fourth-order valence-corrected chi connectivity index (χ4v) is 5.84. The van der Waals surface area contributed by atoms with Crippen LogP contribution < -0.4 is 5.32 Å². The first-order chi connectivity index (χ1) is 15.0. The summed E-state index contributed by atoms with van der Waals surface area (Å²) in [4.78, 5) is 18.3. The molecule has 3 heteroatoms. The third-order valence-electron chi connectivity index (χ3n) is 7.49. The van der Waals surface area contributed by atoms with Crippen molar-refractivity contribution in [1.82, 2.24) is 4.98 Å². The van der Waals surface area contributed by atoms with Crippen LogP contribution in [0, 0.1) is 5.92 Å². The highest BCUT2D eigenvalue weighted by Gasteiger charge is 2.31. The number of carbonyl (C=O) groups is 1. The number of nitrogens with one attached hydrogen (secondary N) is 1. The van der Waals surface area contributed by atoms with E-state index in [9.17, 15) is 4.79 Å². The summed E-state index contributed by atoms with van der Waals surface area (Å²) in [5.41, 5.74) is 12.2. The zero-order valence-corrected chi connectivity index (χ0v) is 19.0. The highest BCUT2D eigenvalue weighted by Crippen LogP contribution is 2.43. The predicted octanol–water partition coefficient (Wildman–Crippen LogP) is 6.36. The van der Waals surface area contributed by atoms with Crippen LogP contribution >= 0.6 is 0 Å². The Bertz CT molecular complexity index is 1180. The maximum atomic E-state index is 13.1. The molecule has 2 aromatic rings. The van der Waals surface area contributed by atoms with Crippen molar-refractivity contribution in [3.63, 3.8) is 0 Å². The molecule has 1 heterocycles. The van der Waals surface area contributed by atoms with Crippen LogP contribution in [0.5, 0.6) is 0 Å². The molecule has 0 spiro atoms. The maximum Gasteiger partial charge on any atom is 0.163 e. The van der Waals surface area contributed by atoms with Gasteiger partial charge in [-0.05, 0) is 91.0 Å². The highest BCUT2D eigenvalue weighted by molar-refractivity contribution is 6.06. The number of Topliss-reactive ketones (excluding diaryl/α,β-unsaturated/α-hetero) is 1. The molecule has 0 saturated heterocycles. The molecule has 3 aliphatic rings. The van der Waals surface area contributed by atoms with Crippen LogP contribution in [-0.2, 0) is 24.1 Å². The lowest BCUT2D eigenvalue weighted by Gasteiger charge is -2.30. The zero-order valence-electron chi connectivity index (χ0n) is 19.0. The van der Waals surface area contributed by atoms with Crippen molar-refractivity contribution in [1.29, 1.82) is 0 Å². The van der Waals surface area contributed by atoms with Crippen molar-refractivity contribution in [3.8, 4) is 0 Å². The Balaban J connectivity index is 1.72. The van der Waals surface area contributed by atoms with Gasteiger partial charge in [0.1, 0.15) is 0 Å². The Morgan fingerprint density at radius 1 is 1.13 bits per heavy atom. The normalized spacial score (nSPS) is 20.7. The summed E-state index contributed by atoms with van der Waals surface area (Å²) in [6, 6.07) is 4.35. The minimum absolute atomic E-state index is 0.251. The van der Waals surface area contributed by atoms with Gasteiger partial charge in [0.2, 0.25) is 0 Å². The first-order valence-corrected chi connectivity index (χ1v) is 11.9. The summed E-state index contributed by atoms with van der Waals surface area (Å²) < 4.78 is 0. The van der Waals surface area contributed by atoms with Crippen LogP contribution in [0.25, 0.3) is 16.5 Å². The van der Waals surface area contributed by atoms with Gasteiger partial charge in [-0.3, -0.25) is 4.79 Å². The molecular formula is C28H32N2O. The number of carbonyl (C=O) groups excluding carboxylic acids is 1. The summed E-state index contributed by atoms with van der Waals surface area (Å²) in [5, 5.41) is 4.90. The van der Waals surface area contributed by atoms with Gasteiger partial charge in [-0.25, -0.2) is 4.98 Å². The number of allylic oxidation sites excluding steroid dienone is 5. The van der Waals surface area contributed by atoms with Crippen molar-refractivity contribution in [2.45, 2.75) is 65.7 Å². The van der Waals surface area contributed by atoms with Crippen molar-refractivity contribution in [2.24, 2.45) is 5.92 Å². The molecule has 1 aromatic carbocycles. The van der Waals surface area contributed by atoms with Crippen LogP contribution in [0.15, 0.2) is 41.5 Å². The standard InChI is InChI=1S/C28H32N2O/c1-5-19-21-8-7-9-22-24(29-6-2)12-13-25(27(21)22)30-28(19)18-14-23-17(4)16(3)10-11-20(23)26(31)15-18/h12-14,17,29H,3,5-11,15H2,1-2,4H3. The second kappa shape index (κ2) is 7.78. The van der Waals surface area contributed by atoms with Crippen LogP contribution in [0.4, 0.5) is 5.69 Å². The summed E-state index contributed by atoms with van der Waals surface area (Å²) in [7, 11) is 0. The van der Waals surface area contributed by atoms with E-state index in [2.05, 4.69) is 50.9 Å². The first kappa shape index (κ1) is 20.2. The Hall–Kier alpha value is -2.68. The lowest BCUT2D eigenvalue weighted by Crippen LogP contribution is -2.21. The van der Waals surface area contributed by atoms with Crippen LogP contribution in [0.2, 0.25) is 0 Å². The molecule has 0 aliphatic heterocycles. The highest BCUT2D eigenvalue weighted by atomic mass is 16.1. The Morgan fingerprint density at radius 2 is 1.94 bits per heavy atom. The number of nitrogens with zero attached hydrogens (tertiary/aromatic N) is 1. The average molecular weight is 413 g/mol. The molecule has 3 nitrogen and oxygen atoms in total. The van der Waals surface area contributed by atoms with Gasteiger partial charge in [-0.2, -0.15) is 0 Å². The van der Waals surface area contributed by atoms with Gasteiger partial charge >= 0.3 is 0 Å². The summed E-state index contributed by atoms with van der Waals surface area (Å²) in [5.74, 6) is 0.536. The minimum Gasteiger partial charge on any atom is -0.385 e. The van der Waals surface area contributed by atoms with Crippen molar-refractivity contribution in [3.05, 3.63) is 63.9 Å². The van der Waals surface area contributed by atoms with Gasteiger partial charge in [0, 0.05) is 30.0 Å². The van der Waals surface area contributed by atoms with Gasteiger partial charge in [-0.15, -0.1) is 0 Å². The molecule has 3 aliphatic carbocycles. The van der Waals surface area contributed by atoms with Gasteiger partial charge < -0.3 is 5.32 Å². The molecule has 1 atom stereocenters. The predicted molar refractivity (Wildman–Crippen MR) is 129 cm³/mol. The zero-order chi connectivity index (χ0) is 21.7. The topological polar surface area (TPSA) is 42.0 Å². The van der Waals surface area contributed by atoms with E-state index in [1.165, 1.54) is 45.3 Å². The smallest absolute Gasteiger partial charge is 0.163 e. The number of aryl methyl sites for hydroxylation is 2. The fourth-order valence-electron chi connectivity index (χ4n) is 5.84. The van der Waals surface area contributed by atoms with E-state index in [0.29, 0.717) is 6.42 Å². The second-order valence-electron chi connectivity index (χ2n) is 9.22. The Labute approximate surface area is 185 Å². The lowest BCUT2D eigenvalue weighted by molar-refractivity contribution is -0.115. The first-order valence-electron chi connectivity index (χ1n) is 11.9. The van der Waals surface area contributed by atoms with E-state index in [1.54, 1.807) is 0 Å². The number of hydrogen-bond donors (Lipinski definition) is 1. The molecule has 0 fully saturated rings. The SMILES string of the molecule is C=C1CCC2=C(C=C(c3nc4ccc(NCC)c5c4c(c3CC)CCC5)CC2=O)C1C. The van der Waals surface area contributed by atoms with Crippen LogP contribution in [0.3, 0.4) is 0 Å². The number of benzene rings is 1. The Morgan fingerprint density at radius 3 is 2.71 bits per heavy atom. The molecule has 0 saturated carbocycles. The third-order valence-corrected chi connectivity index (χ3v) is 7.49. The van der Waals surface area contributed by atoms with Gasteiger partial charge in [0.25, 0.3) is 0 Å².